The van der Waals surface area contributed by atoms with Gasteiger partial charge in [-0.3, -0.25) is 0 Å². The largest absolute Gasteiger partial charge is 0.351 e. The van der Waals surface area contributed by atoms with Crippen LogP contribution < -0.4 is 4.90 Å². The van der Waals surface area contributed by atoms with E-state index in [1.807, 2.05) is 0 Å². The summed E-state index contributed by atoms with van der Waals surface area (Å²) in [7, 11) is 2.16. The summed E-state index contributed by atoms with van der Waals surface area (Å²) in [5, 5.41) is 0. The molecule has 0 aromatic heterocycles. The first-order valence-electron chi connectivity index (χ1n) is 9.70. The molecule has 0 fully saturated rings. The standard InChI is InChI=1S/C25H24N2/c1-18-20-13-7-4-10-16-26(2)23(20)17-24-25(18)21-14-8-9-15-22(21)27(24)19-11-5-3-6-12-19/h3-12,14-18,25H,13H2,1-2H3/b7-4-,16-10-. The minimum Gasteiger partial charge on any atom is -0.351 e. The van der Waals surface area contributed by atoms with E-state index in [1.54, 1.807) is 0 Å². The highest BCUT2D eigenvalue weighted by Crippen LogP contribution is 2.55. The molecule has 2 aromatic carbocycles. The van der Waals surface area contributed by atoms with Gasteiger partial charge in [0.1, 0.15) is 0 Å². The smallest absolute Gasteiger partial charge is 0.0497 e. The van der Waals surface area contributed by atoms with Gasteiger partial charge in [-0.05, 0) is 53.8 Å². The second-order valence-corrected chi connectivity index (χ2v) is 7.56. The number of nitrogens with zero attached hydrogens (tertiary/aromatic N) is 2. The number of allylic oxidation sites excluding steroid dienone is 6. The van der Waals surface area contributed by atoms with E-state index in [9.17, 15) is 0 Å². The molecule has 0 amide bonds. The van der Waals surface area contributed by atoms with Crippen molar-refractivity contribution in [3.8, 4) is 0 Å². The van der Waals surface area contributed by atoms with Crippen molar-refractivity contribution in [2.24, 2.45) is 5.92 Å². The van der Waals surface area contributed by atoms with Crippen molar-refractivity contribution < 1.29 is 0 Å². The molecule has 2 unspecified atom stereocenters. The van der Waals surface area contributed by atoms with E-state index in [2.05, 4.69) is 109 Å². The number of para-hydroxylation sites is 2. The van der Waals surface area contributed by atoms with E-state index in [0.29, 0.717) is 11.8 Å². The molecule has 0 N–H and O–H groups in total. The fourth-order valence-corrected chi connectivity index (χ4v) is 4.76. The van der Waals surface area contributed by atoms with Gasteiger partial charge in [-0.2, -0.15) is 0 Å². The van der Waals surface area contributed by atoms with Crippen LogP contribution in [0.1, 0.15) is 24.8 Å². The molecule has 5 rings (SSSR count). The van der Waals surface area contributed by atoms with Crippen molar-refractivity contribution in [1.29, 1.82) is 0 Å². The Morgan fingerprint density at radius 2 is 1.70 bits per heavy atom. The quantitative estimate of drug-likeness (QED) is 0.610. The summed E-state index contributed by atoms with van der Waals surface area (Å²) in [6.07, 6.45) is 12.1. The fourth-order valence-electron chi connectivity index (χ4n) is 4.76. The molecule has 0 bridgehead atoms. The molecule has 2 aliphatic heterocycles. The Labute approximate surface area is 161 Å². The van der Waals surface area contributed by atoms with Crippen LogP contribution in [0.3, 0.4) is 0 Å². The first kappa shape index (κ1) is 16.2. The summed E-state index contributed by atoms with van der Waals surface area (Å²) < 4.78 is 0. The molecule has 27 heavy (non-hydrogen) atoms. The van der Waals surface area contributed by atoms with Crippen molar-refractivity contribution in [3.63, 3.8) is 0 Å². The van der Waals surface area contributed by atoms with Gasteiger partial charge in [-0.25, -0.2) is 0 Å². The highest BCUT2D eigenvalue weighted by Gasteiger charge is 2.41. The lowest BCUT2D eigenvalue weighted by atomic mass is 9.76. The van der Waals surface area contributed by atoms with Crippen molar-refractivity contribution >= 4 is 11.4 Å². The van der Waals surface area contributed by atoms with Gasteiger partial charge in [0.25, 0.3) is 0 Å². The van der Waals surface area contributed by atoms with E-state index >= 15 is 0 Å². The third-order valence-electron chi connectivity index (χ3n) is 6.04. The minimum absolute atomic E-state index is 0.408. The lowest BCUT2D eigenvalue weighted by Crippen LogP contribution is -2.26. The van der Waals surface area contributed by atoms with Crippen molar-refractivity contribution in [2.45, 2.75) is 19.3 Å². The highest BCUT2D eigenvalue weighted by atomic mass is 15.2. The van der Waals surface area contributed by atoms with Crippen LogP contribution in [-0.4, -0.2) is 11.9 Å². The third kappa shape index (κ3) is 2.48. The maximum Gasteiger partial charge on any atom is 0.0497 e. The van der Waals surface area contributed by atoms with Crippen LogP contribution in [0.5, 0.6) is 0 Å². The lowest BCUT2D eigenvalue weighted by molar-refractivity contribution is 0.502. The Hall–Kier alpha value is -3.00. The molecule has 2 aromatic rings. The topological polar surface area (TPSA) is 6.48 Å². The summed E-state index contributed by atoms with van der Waals surface area (Å²) in [4.78, 5) is 4.72. The van der Waals surface area contributed by atoms with Gasteiger partial charge in [-0.1, -0.05) is 55.5 Å². The van der Waals surface area contributed by atoms with Crippen molar-refractivity contribution in [1.82, 2.24) is 4.90 Å². The maximum absolute atomic E-state index is 2.45. The minimum atomic E-state index is 0.408. The van der Waals surface area contributed by atoms with Gasteiger partial charge in [0.05, 0.1) is 0 Å². The zero-order valence-electron chi connectivity index (χ0n) is 15.8. The number of anilines is 2. The third-order valence-corrected chi connectivity index (χ3v) is 6.04. The molecule has 0 saturated heterocycles. The number of rotatable bonds is 1. The SMILES string of the molecule is CC1C2=C(C=C3C1c1ccccc1N3c1ccccc1)N(C)/C=C\C=C/C2. The number of benzene rings is 2. The molecule has 2 heteroatoms. The summed E-state index contributed by atoms with van der Waals surface area (Å²) in [6, 6.07) is 19.6. The van der Waals surface area contributed by atoms with E-state index in [-0.39, 0.29) is 0 Å². The summed E-state index contributed by atoms with van der Waals surface area (Å²) >= 11 is 0. The van der Waals surface area contributed by atoms with Gasteiger partial charge in [0.2, 0.25) is 0 Å². The average Bonchev–Trinajstić information content (AvgIpc) is 3.02. The Kier molecular flexibility index (Phi) is 3.78. The highest BCUT2D eigenvalue weighted by molar-refractivity contribution is 5.79. The molecule has 1 aliphatic carbocycles. The molecule has 0 saturated carbocycles. The first-order chi connectivity index (χ1) is 13.3. The number of fused-ring (bicyclic) bond motifs is 3. The van der Waals surface area contributed by atoms with Crippen LogP contribution in [0.2, 0.25) is 0 Å². The number of likely N-dealkylation sites (N-methyl/N-ethyl adjacent to an activating group) is 1. The van der Waals surface area contributed by atoms with Crippen LogP contribution in [0, 0.1) is 5.92 Å². The van der Waals surface area contributed by atoms with Gasteiger partial charge in [0, 0.05) is 41.9 Å². The Morgan fingerprint density at radius 1 is 0.926 bits per heavy atom. The van der Waals surface area contributed by atoms with Gasteiger partial charge in [0.15, 0.2) is 0 Å². The van der Waals surface area contributed by atoms with Crippen LogP contribution >= 0.6 is 0 Å². The van der Waals surface area contributed by atoms with Crippen LogP contribution in [0.25, 0.3) is 0 Å². The van der Waals surface area contributed by atoms with Crippen LogP contribution in [-0.2, 0) is 0 Å². The fraction of sp³-hybridized carbons (Fsp3) is 0.200. The summed E-state index contributed by atoms with van der Waals surface area (Å²) in [6.45, 7) is 2.39. The normalized spacial score (nSPS) is 25.8. The first-order valence-corrected chi connectivity index (χ1v) is 9.70. The number of hydrogen-bond donors (Lipinski definition) is 0. The zero-order chi connectivity index (χ0) is 18.4. The van der Waals surface area contributed by atoms with E-state index in [0.717, 1.165) is 6.42 Å². The summed E-state index contributed by atoms with van der Waals surface area (Å²) in [5.74, 6) is 0.874. The molecule has 134 valence electrons. The molecule has 2 nitrogen and oxygen atoms in total. The maximum atomic E-state index is 2.45. The Bertz CT molecular complexity index is 994. The van der Waals surface area contributed by atoms with E-state index in [1.165, 1.54) is 33.9 Å². The second-order valence-electron chi connectivity index (χ2n) is 7.56. The van der Waals surface area contributed by atoms with Gasteiger partial charge >= 0.3 is 0 Å². The zero-order valence-corrected chi connectivity index (χ0v) is 15.8. The van der Waals surface area contributed by atoms with Crippen LogP contribution in [0.4, 0.5) is 11.4 Å². The van der Waals surface area contributed by atoms with Crippen molar-refractivity contribution in [3.05, 3.63) is 108 Å². The Balaban J connectivity index is 1.73. The Morgan fingerprint density at radius 3 is 2.56 bits per heavy atom. The molecule has 0 radical (unpaired) electrons. The van der Waals surface area contributed by atoms with Gasteiger partial charge in [-0.15, -0.1) is 0 Å². The number of hydrogen-bond acceptors (Lipinski definition) is 2. The predicted molar refractivity (Wildman–Crippen MR) is 113 cm³/mol. The lowest BCUT2D eigenvalue weighted by Gasteiger charge is -2.35. The molecule has 3 aliphatic rings. The van der Waals surface area contributed by atoms with Crippen molar-refractivity contribution in [2.75, 3.05) is 11.9 Å². The molecular formula is C25H24N2. The monoisotopic (exact) mass is 352 g/mol. The average molecular weight is 352 g/mol. The molecule has 2 atom stereocenters. The second kappa shape index (κ2) is 6.31. The van der Waals surface area contributed by atoms with Crippen LogP contribution in [0.15, 0.2) is 102 Å². The summed E-state index contributed by atoms with van der Waals surface area (Å²) in [5.41, 5.74) is 8.24. The predicted octanol–water partition coefficient (Wildman–Crippen LogP) is 6.12. The molecular weight excluding hydrogens is 328 g/mol. The molecule has 2 heterocycles. The molecule has 0 spiro atoms. The van der Waals surface area contributed by atoms with E-state index in [4.69, 9.17) is 0 Å². The van der Waals surface area contributed by atoms with E-state index < -0.39 is 0 Å². The van der Waals surface area contributed by atoms with Gasteiger partial charge < -0.3 is 9.80 Å².